The van der Waals surface area contributed by atoms with Gasteiger partial charge in [-0.25, -0.2) is 4.79 Å². The highest BCUT2D eigenvalue weighted by atomic mass is 16.5. The van der Waals surface area contributed by atoms with Crippen LogP contribution >= 0.6 is 0 Å². The number of hydrogen-bond donors (Lipinski definition) is 1. The summed E-state index contributed by atoms with van der Waals surface area (Å²) in [6, 6.07) is 0. The van der Waals surface area contributed by atoms with Crippen molar-refractivity contribution in [1.29, 1.82) is 0 Å². The van der Waals surface area contributed by atoms with Crippen molar-refractivity contribution in [2.45, 2.75) is 131 Å². The van der Waals surface area contributed by atoms with E-state index in [1.54, 1.807) is 13.8 Å². The van der Waals surface area contributed by atoms with Crippen molar-refractivity contribution < 1.29 is 38.4 Å². The number of rotatable bonds is 22. The Balaban J connectivity index is 4.31. The van der Waals surface area contributed by atoms with Gasteiger partial charge in [0.15, 0.2) is 11.6 Å². The van der Waals surface area contributed by atoms with Crippen LogP contribution in [0, 0.1) is 16.7 Å². The van der Waals surface area contributed by atoms with Crippen molar-refractivity contribution in [3.63, 3.8) is 0 Å². The highest BCUT2D eigenvalue weighted by Crippen LogP contribution is 2.39. The van der Waals surface area contributed by atoms with E-state index in [0.29, 0.717) is 45.5 Å². The van der Waals surface area contributed by atoms with E-state index in [1.165, 1.54) is 0 Å². The average Bonchev–Trinajstić information content (AvgIpc) is 2.85. The third kappa shape index (κ3) is 17.8. The van der Waals surface area contributed by atoms with Gasteiger partial charge in [-0.2, -0.15) is 0 Å². The highest BCUT2D eigenvalue weighted by Gasteiger charge is 2.42. The smallest absolute Gasteiger partial charge is 0.330 e. The van der Waals surface area contributed by atoms with E-state index >= 15 is 0 Å². The Kier molecular flexibility index (Phi) is 17.4. The van der Waals surface area contributed by atoms with Crippen LogP contribution in [0.4, 0.5) is 0 Å². The molecule has 0 aliphatic rings. The van der Waals surface area contributed by atoms with E-state index in [2.05, 4.69) is 48.1 Å². The van der Waals surface area contributed by atoms with Gasteiger partial charge in [0.2, 0.25) is 0 Å². The van der Waals surface area contributed by atoms with Crippen LogP contribution in [0.3, 0.4) is 0 Å². The lowest BCUT2D eigenvalue weighted by molar-refractivity contribution is -0.149. The Hall–Kier alpha value is -1.61. The Bertz CT molecular complexity index is 801. The quantitative estimate of drug-likeness (QED) is 0.0902. The molecule has 0 spiro atoms. The maximum absolute atomic E-state index is 13.4. The summed E-state index contributed by atoms with van der Waals surface area (Å²) < 4.78 is 22.1. The van der Waals surface area contributed by atoms with Gasteiger partial charge in [0.25, 0.3) is 0 Å². The number of Topliss-reactive ketones (excluding diaryl/α,β-unsaturated/α-hetero) is 2. The number of ketones is 2. The van der Waals surface area contributed by atoms with Crippen molar-refractivity contribution in [3.8, 4) is 0 Å². The summed E-state index contributed by atoms with van der Waals surface area (Å²) in [5.74, 6) is -0.416. The molecule has 0 bridgehead atoms. The van der Waals surface area contributed by atoms with Crippen LogP contribution in [0.25, 0.3) is 0 Å². The van der Waals surface area contributed by atoms with Crippen molar-refractivity contribution in [3.05, 3.63) is 12.7 Å². The normalized spacial score (nSPS) is 14.4. The first-order chi connectivity index (χ1) is 18.7. The summed E-state index contributed by atoms with van der Waals surface area (Å²) in [6.45, 7) is 24.6. The lowest BCUT2D eigenvalue weighted by atomic mass is 9.67. The topological polar surface area (TPSA) is 108 Å². The number of esters is 1. The zero-order chi connectivity index (χ0) is 31.9. The Morgan fingerprint density at radius 2 is 1.34 bits per heavy atom. The summed E-state index contributed by atoms with van der Waals surface area (Å²) in [4.78, 5) is 37.1. The lowest BCUT2D eigenvalue weighted by Gasteiger charge is -2.39. The van der Waals surface area contributed by atoms with E-state index in [4.69, 9.17) is 18.9 Å². The standard InChI is InChI=1S/C33H60O8/c1-12-28(36)39-20-17-16-19-38-23-25(34)24-41-32(8,9)27(35)18-14-13-15-21-40-33(10,11)29(37)26(31(5,6)7)22-30(2,3)4/h12,25-26,34H,1,13-24H2,2-11H3. The zero-order valence-corrected chi connectivity index (χ0v) is 27.7. The molecule has 8 nitrogen and oxygen atoms in total. The van der Waals surface area contributed by atoms with Gasteiger partial charge in [0, 0.05) is 31.6 Å². The lowest BCUT2D eigenvalue weighted by Crippen LogP contribution is -2.45. The molecule has 0 aromatic rings. The zero-order valence-electron chi connectivity index (χ0n) is 27.7. The van der Waals surface area contributed by atoms with Crippen LogP contribution in [-0.2, 0) is 33.3 Å². The molecule has 0 fully saturated rings. The predicted octanol–water partition coefficient (Wildman–Crippen LogP) is 6.26. The molecule has 8 heteroatoms. The van der Waals surface area contributed by atoms with E-state index in [0.717, 1.165) is 25.3 Å². The third-order valence-corrected chi connectivity index (χ3v) is 7.00. The fraction of sp³-hybridized carbons (Fsp3) is 0.848. The van der Waals surface area contributed by atoms with Crippen LogP contribution in [-0.4, -0.2) is 73.0 Å². The molecule has 1 N–H and O–H groups in total. The predicted molar refractivity (Wildman–Crippen MR) is 163 cm³/mol. The summed E-state index contributed by atoms with van der Waals surface area (Å²) in [6.07, 6.45) is 5.07. The molecule has 0 amide bonds. The van der Waals surface area contributed by atoms with Crippen LogP contribution in [0.5, 0.6) is 0 Å². The molecule has 2 unspecified atom stereocenters. The number of unbranched alkanes of at least 4 members (excludes halogenated alkanes) is 3. The van der Waals surface area contributed by atoms with E-state index in [9.17, 15) is 19.5 Å². The van der Waals surface area contributed by atoms with Gasteiger partial charge in [0.05, 0.1) is 19.8 Å². The minimum Gasteiger partial charge on any atom is -0.463 e. The van der Waals surface area contributed by atoms with Gasteiger partial charge >= 0.3 is 5.97 Å². The minimum absolute atomic E-state index is 0.00257. The number of carbonyl (C=O) groups excluding carboxylic acids is 3. The van der Waals surface area contributed by atoms with Crippen molar-refractivity contribution >= 4 is 17.5 Å². The molecule has 0 aliphatic carbocycles. The summed E-state index contributed by atoms with van der Waals surface area (Å²) in [7, 11) is 0. The second kappa shape index (κ2) is 18.1. The van der Waals surface area contributed by atoms with Crippen LogP contribution in [0.2, 0.25) is 0 Å². The molecule has 240 valence electrons. The average molecular weight is 585 g/mol. The Labute approximate surface area is 249 Å². The van der Waals surface area contributed by atoms with Gasteiger partial charge in [-0.1, -0.05) is 54.5 Å². The molecule has 0 saturated heterocycles. The summed E-state index contributed by atoms with van der Waals surface area (Å²) in [5, 5.41) is 10.1. The van der Waals surface area contributed by atoms with Crippen LogP contribution in [0.1, 0.15) is 114 Å². The van der Waals surface area contributed by atoms with Crippen molar-refractivity contribution in [1.82, 2.24) is 0 Å². The Morgan fingerprint density at radius 3 is 1.90 bits per heavy atom. The number of aliphatic hydroxyl groups excluding tert-OH is 1. The van der Waals surface area contributed by atoms with Crippen molar-refractivity contribution in [2.75, 3.05) is 33.0 Å². The highest BCUT2D eigenvalue weighted by molar-refractivity contribution is 5.89. The van der Waals surface area contributed by atoms with E-state index in [-0.39, 0.29) is 41.5 Å². The SMILES string of the molecule is C=CC(=O)OCCCCOCC(O)COC(C)(C)C(=O)CCCCCOC(C)(C)C(=O)C(CC(C)(C)C)C(C)(C)C. The fourth-order valence-electron chi connectivity index (χ4n) is 4.28. The largest absolute Gasteiger partial charge is 0.463 e. The molecule has 0 rings (SSSR count). The third-order valence-electron chi connectivity index (χ3n) is 7.00. The van der Waals surface area contributed by atoms with Gasteiger partial charge in [0.1, 0.15) is 17.3 Å². The first-order valence-electron chi connectivity index (χ1n) is 15.1. The molecule has 41 heavy (non-hydrogen) atoms. The molecule has 0 saturated carbocycles. The molecule has 0 aliphatic heterocycles. The molecular formula is C33H60O8. The molecule has 0 aromatic heterocycles. The number of carbonyl (C=O) groups is 3. The maximum atomic E-state index is 13.4. The minimum atomic E-state index is -1.00. The van der Waals surface area contributed by atoms with E-state index < -0.39 is 23.3 Å². The monoisotopic (exact) mass is 584 g/mol. The molecular weight excluding hydrogens is 524 g/mol. The van der Waals surface area contributed by atoms with Gasteiger partial charge in [-0.3, -0.25) is 9.59 Å². The van der Waals surface area contributed by atoms with Gasteiger partial charge < -0.3 is 24.1 Å². The van der Waals surface area contributed by atoms with Crippen LogP contribution < -0.4 is 0 Å². The first kappa shape index (κ1) is 39.4. The van der Waals surface area contributed by atoms with Crippen LogP contribution in [0.15, 0.2) is 12.7 Å². The maximum Gasteiger partial charge on any atom is 0.330 e. The first-order valence-corrected chi connectivity index (χ1v) is 15.1. The number of hydrogen-bond acceptors (Lipinski definition) is 8. The van der Waals surface area contributed by atoms with Gasteiger partial charge in [-0.15, -0.1) is 0 Å². The molecule has 0 aromatic carbocycles. The van der Waals surface area contributed by atoms with E-state index in [1.807, 2.05) is 13.8 Å². The van der Waals surface area contributed by atoms with Crippen molar-refractivity contribution in [2.24, 2.45) is 16.7 Å². The number of ether oxygens (including phenoxy) is 4. The Morgan fingerprint density at radius 1 is 0.756 bits per heavy atom. The molecule has 0 radical (unpaired) electrons. The fourth-order valence-corrected chi connectivity index (χ4v) is 4.28. The molecule has 0 heterocycles. The second-order valence-corrected chi connectivity index (χ2v) is 14.3. The van der Waals surface area contributed by atoms with Gasteiger partial charge in [-0.05, 0) is 70.6 Å². The molecule has 2 atom stereocenters. The second-order valence-electron chi connectivity index (χ2n) is 14.3. The summed E-state index contributed by atoms with van der Waals surface area (Å²) in [5.41, 5.74) is -1.96. The number of aliphatic hydroxyl groups is 1. The summed E-state index contributed by atoms with van der Waals surface area (Å²) >= 11 is 0.